The SMILES string of the molecule is CC[C@H](C)[C@@H]1NC(=O)[C@H](CC(C)C)N(C)C(=O)C[C@@H](C(=O)N(C)C)N(C)C(=O)[C@H]([C@@H](C)CC)N(C)C(=O)C2(CCCC2)NC(=O)[C@H](Cc2ccc(F)cc2)N(C)C(=O)[C@H](CCc2cc(F)c(C(F)(F)F)c(F)c2)NC(=O)CN(C)C(=O)[C@H](Cc2ccc(C(F)(F)F)cc2)N(C)C(=O)[C@@H]2CCN2C(=O)[C@H](C)N(C)C1=O. The molecule has 2 aliphatic heterocycles. The van der Waals surface area contributed by atoms with Crippen LogP contribution >= 0.6 is 0 Å². The number of halogens is 9. The monoisotopic (exact) mass is 1550 g/mol. The number of alkyl halides is 6. The third-order valence-electron chi connectivity index (χ3n) is 21.6. The zero-order valence-electron chi connectivity index (χ0n) is 64.6. The van der Waals surface area contributed by atoms with Crippen molar-refractivity contribution >= 4 is 70.9 Å². The summed E-state index contributed by atoms with van der Waals surface area (Å²) in [7, 11) is 11.4. The minimum Gasteiger partial charge on any atom is -0.347 e. The fraction of sp³-hybridized carbons (Fsp3) is 0.605. The molecule has 1 spiro atoms. The Kier molecular flexibility index (Phi) is 30.0. The molecule has 12 amide bonds. The summed E-state index contributed by atoms with van der Waals surface area (Å²) in [5.41, 5.74) is -5.28. The fourth-order valence-corrected chi connectivity index (χ4v) is 14.1. The fourth-order valence-electron chi connectivity index (χ4n) is 14.1. The molecule has 109 heavy (non-hydrogen) atoms. The number of carbonyl (C=O) groups is 12. The minimum atomic E-state index is -5.49. The van der Waals surface area contributed by atoms with Gasteiger partial charge in [0, 0.05) is 82.8 Å². The highest BCUT2D eigenvalue weighted by Crippen LogP contribution is 2.37. The molecule has 2 saturated heterocycles. The summed E-state index contributed by atoms with van der Waals surface area (Å²) in [5.74, 6) is -17.0. The van der Waals surface area contributed by atoms with Crippen molar-refractivity contribution in [3.05, 3.63) is 106 Å². The van der Waals surface area contributed by atoms with Gasteiger partial charge < -0.3 is 60.0 Å². The molecular formula is C76H103F9N12O12. The lowest BCUT2D eigenvalue weighted by atomic mass is 9.90. The first kappa shape index (κ1) is 88.6. The number of hydrogen-bond donors (Lipinski definition) is 3. The van der Waals surface area contributed by atoms with Crippen LogP contribution in [0.2, 0.25) is 0 Å². The van der Waals surface area contributed by atoms with Crippen LogP contribution in [0.5, 0.6) is 0 Å². The van der Waals surface area contributed by atoms with Crippen molar-refractivity contribution in [2.45, 2.75) is 204 Å². The summed E-state index contributed by atoms with van der Waals surface area (Å²) in [6, 6.07) is -4.61. The van der Waals surface area contributed by atoms with Crippen molar-refractivity contribution in [1.29, 1.82) is 0 Å². The van der Waals surface area contributed by atoms with Gasteiger partial charge >= 0.3 is 12.4 Å². The Morgan fingerprint density at radius 2 is 1.14 bits per heavy atom. The highest BCUT2D eigenvalue weighted by atomic mass is 19.4. The number of carbonyl (C=O) groups excluding carboxylic acids is 12. The Morgan fingerprint density at radius 3 is 1.64 bits per heavy atom. The van der Waals surface area contributed by atoms with E-state index in [0.717, 1.165) is 94.6 Å². The van der Waals surface area contributed by atoms with Crippen LogP contribution in [0.25, 0.3) is 0 Å². The Bertz CT molecular complexity index is 3800. The molecule has 602 valence electrons. The maximum atomic E-state index is 15.6. The first-order chi connectivity index (χ1) is 50.7. The van der Waals surface area contributed by atoms with Crippen LogP contribution in [0.4, 0.5) is 39.5 Å². The molecule has 1 saturated carbocycles. The number of fused-ring (bicyclic) bond motifs is 1. The molecule has 2 heterocycles. The molecule has 3 aliphatic rings. The van der Waals surface area contributed by atoms with Gasteiger partial charge in [-0.25, -0.2) is 13.2 Å². The number of nitrogens with one attached hydrogen (secondary N) is 3. The van der Waals surface area contributed by atoms with Gasteiger partial charge in [-0.1, -0.05) is 91.5 Å². The van der Waals surface area contributed by atoms with E-state index >= 15 is 32.8 Å². The summed E-state index contributed by atoms with van der Waals surface area (Å²) in [5, 5.41) is 8.17. The van der Waals surface area contributed by atoms with Crippen LogP contribution in [-0.2, 0) is 89.1 Å². The average molecular weight is 1550 g/mol. The third kappa shape index (κ3) is 21.2. The number of hydrogen-bond acceptors (Lipinski definition) is 12. The van der Waals surface area contributed by atoms with E-state index in [9.17, 15) is 64.3 Å². The summed E-state index contributed by atoms with van der Waals surface area (Å²) >= 11 is 0. The van der Waals surface area contributed by atoms with Gasteiger partial charge in [0.2, 0.25) is 70.9 Å². The van der Waals surface area contributed by atoms with Gasteiger partial charge in [-0.15, -0.1) is 0 Å². The molecule has 24 nitrogen and oxygen atoms in total. The average Bonchev–Trinajstić information content (AvgIpc) is 1.76. The number of rotatable bonds is 14. The zero-order chi connectivity index (χ0) is 82.0. The van der Waals surface area contributed by atoms with E-state index < -0.39 is 228 Å². The zero-order valence-corrected chi connectivity index (χ0v) is 64.6. The Balaban J connectivity index is 1.53. The van der Waals surface area contributed by atoms with Gasteiger partial charge in [0.05, 0.1) is 18.5 Å². The largest absolute Gasteiger partial charge is 0.422 e. The molecule has 0 unspecified atom stereocenters. The molecule has 33 heteroatoms. The molecule has 11 atom stereocenters. The summed E-state index contributed by atoms with van der Waals surface area (Å²) in [6.07, 6.45) is -12.2. The number of nitrogens with zero attached hydrogens (tertiary/aromatic N) is 9. The first-order valence-electron chi connectivity index (χ1n) is 36.5. The third-order valence-corrected chi connectivity index (χ3v) is 21.6. The molecule has 0 aromatic heterocycles. The van der Waals surface area contributed by atoms with Gasteiger partial charge in [0.15, 0.2) is 0 Å². The standard InChI is InChI=1S/C76H103F9N12O12/c1-17-43(5)62-71(107)91(11)45(7)66(102)97-34-31-54(97)70(106)94(14)57(39-46-21-26-49(27-22-46)75(80,81)82)69(105)90(10)41-59(98)86-53(30-25-48-36-51(78)61(52(79)37-48)76(83,84)85)67(103)93(13)56(38-47-23-28-50(77)29-24-47)65(101)88-74(32-19-20-33-74)73(109)96(16)63(44(6)18-2)72(108)95(15)58(68(104)89(8)9)40-60(99)92(12)55(35-42(3)4)64(100)87-62/h21-24,26-29,36-37,42-45,53-58,62-63H,17-20,25,30-35,38-41H2,1-16H3,(H,86,98)(H,87,100)(H,88,101)/t43-,44-,45-,53-,54-,55-,56-,57-,58-,62-,63-/m0/s1. The highest BCUT2D eigenvalue weighted by molar-refractivity contribution is 6.01. The minimum absolute atomic E-state index is 0.00135. The highest BCUT2D eigenvalue weighted by Gasteiger charge is 2.51. The number of amides is 12. The maximum Gasteiger partial charge on any atom is 0.422 e. The van der Waals surface area contributed by atoms with Gasteiger partial charge in [0.1, 0.15) is 82.9 Å². The second-order valence-corrected chi connectivity index (χ2v) is 29.9. The predicted molar refractivity (Wildman–Crippen MR) is 383 cm³/mol. The Hall–Kier alpha value is -9.33. The van der Waals surface area contributed by atoms with Gasteiger partial charge in [-0.05, 0) is 116 Å². The van der Waals surface area contributed by atoms with Crippen LogP contribution in [0.3, 0.4) is 0 Å². The van der Waals surface area contributed by atoms with Crippen molar-refractivity contribution in [2.75, 3.05) is 76.5 Å². The van der Waals surface area contributed by atoms with E-state index in [0.29, 0.717) is 31.4 Å². The number of likely N-dealkylation sites (N-methyl/N-ethyl adjacent to an activating group) is 8. The van der Waals surface area contributed by atoms with Crippen LogP contribution in [0, 0.1) is 35.2 Å². The molecule has 0 bridgehead atoms. The Morgan fingerprint density at radius 1 is 0.596 bits per heavy atom. The van der Waals surface area contributed by atoms with E-state index in [1.807, 2.05) is 0 Å². The molecule has 3 aromatic rings. The van der Waals surface area contributed by atoms with Crippen molar-refractivity contribution in [2.24, 2.45) is 17.8 Å². The summed E-state index contributed by atoms with van der Waals surface area (Å²) in [6.45, 7) is 10.8. The molecule has 3 fully saturated rings. The van der Waals surface area contributed by atoms with E-state index in [-0.39, 0.29) is 55.7 Å². The predicted octanol–water partition coefficient (Wildman–Crippen LogP) is 6.63. The quantitative estimate of drug-likeness (QED) is 0.144. The van der Waals surface area contributed by atoms with Gasteiger partial charge in [-0.3, -0.25) is 57.5 Å². The van der Waals surface area contributed by atoms with E-state index in [1.165, 1.54) is 68.4 Å². The first-order valence-corrected chi connectivity index (χ1v) is 36.5. The van der Waals surface area contributed by atoms with Crippen LogP contribution in [-0.4, -0.2) is 251 Å². The summed E-state index contributed by atoms with van der Waals surface area (Å²) in [4.78, 5) is 190. The summed E-state index contributed by atoms with van der Waals surface area (Å²) < 4.78 is 128. The lowest BCUT2D eigenvalue weighted by Crippen LogP contribution is -2.65. The second-order valence-electron chi connectivity index (χ2n) is 29.9. The normalized spacial score (nSPS) is 24.5. The van der Waals surface area contributed by atoms with Crippen molar-refractivity contribution < 1.29 is 97.0 Å². The molecule has 0 radical (unpaired) electrons. The lowest BCUT2D eigenvalue weighted by molar-refractivity contribution is -0.160. The van der Waals surface area contributed by atoms with Gasteiger partial charge in [0.25, 0.3) is 0 Å². The lowest BCUT2D eigenvalue weighted by Gasteiger charge is -2.45. The maximum absolute atomic E-state index is 15.6. The van der Waals surface area contributed by atoms with Crippen molar-refractivity contribution in [3.8, 4) is 0 Å². The van der Waals surface area contributed by atoms with E-state index in [2.05, 4.69) is 16.0 Å². The number of benzene rings is 3. The molecule has 1 aliphatic carbocycles. The van der Waals surface area contributed by atoms with E-state index in [1.54, 1.807) is 41.5 Å². The van der Waals surface area contributed by atoms with Gasteiger partial charge in [-0.2, -0.15) is 26.3 Å². The molecular weight excluding hydrogens is 1440 g/mol. The molecule has 6 rings (SSSR count). The van der Waals surface area contributed by atoms with Crippen LogP contribution in [0.15, 0.2) is 60.7 Å². The smallest absolute Gasteiger partial charge is 0.347 e. The topological polar surface area (TPSA) is 270 Å². The Labute approximate surface area is 630 Å². The van der Waals surface area contributed by atoms with Crippen molar-refractivity contribution in [3.63, 3.8) is 0 Å². The second kappa shape index (κ2) is 36.9. The molecule has 3 N–H and O–H groups in total. The number of aryl methyl sites for hydroxylation is 1. The van der Waals surface area contributed by atoms with Crippen LogP contribution < -0.4 is 16.0 Å². The molecule has 3 aromatic carbocycles. The van der Waals surface area contributed by atoms with Crippen LogP contribution in [0.1, 0.15) is 140 Å². The van der Waals surface area contributed by atoms with E-state index in [4.69, 9.17) is 0 Å². The van der Waals surface area contributed by atoms with Crippen molar-refractivity contribution in [1.82, 2.24) is 60.0 Å².